The third kappa shape index (κ3) is 5.87. The first-order valence-electron chi connectivity index (χ1n) is 11.2. The summed E-state index contributed by atoms with van der Waals surface area (Å²) >= 11 is 12.2. The zero-order chi connectivity index (χ0) is 25.7. The molecule has 3 aromatic rings. The molecule has 2 heterocycles. The number of benzene rings is 2. The quantitative estimate of drug-likeness (QED) is 0.338. The maximum atomic E-state index is 12.9. The summed E-state index contributed by atoms with van der Waals surface area (Å²) in [6.07, 6.45) is 4.09. The molecule has 0 atom stereocenters. The van der Waals surface area contributed by atoms with E-state index in [1.807, 2.05) is 24.3 Å². The van der Waals surface area contributed by atoms with Gasteiger partial charge in [-0.2, -0.15) is 5.10 Å². The highest BCUT2D eigenvalue weighted by Crippen LogP contribution is 2.26. The number of carbonyl (C=O) groups excluding carboxylic acids is 3. The Morgan fingerprint density at radius 3 is 2.42 bits per heavy atom. The Kier molecular flexibility index (Phi) is 7.92. The van der Waals surface area contributed by atoms with Crippen LogP contribution in [0.15, 0.2) is 61.3 Å². The summed E-state index contributed by atoms with van der Waals surface area (Å²) in [7, 11) is 0. The van der Waals surface area contributed by atoms with Crippen LogP contribution in [0.5, 0.6) is 0 Å². The number of amides is 3. The van der Waals surface area contributed by atoms with Crippen molar-refractivity contribution in [3.8, 4) is 0 Å². The summed E-state index contributed by atoms with van der Waals surface area (Å²) in [4.78, 5) is 39.4. The van der Waals surface area contributed by atoms with Crippen LogP contribution < -0.4 is 20.9 Å². The van der Waals surface area contributed by atoms with Crippen LogP contribution in [0.3, 0.4) is 0 Å². The second-order valence-electron chi connectivity index (χ2n) is 8.18. The first-order valence-corrected chi connectivity index (χ1v) is 12.0. The summed E-state index contributed by atoms with van der Waals surface area (Å²) in [5.74, 6) is -1.21. The van der Waals surface area contributed by atoms with Gasteiger partial charge in [0.1, 0.15) is 0 Å². The number of piperidine rings is 1. The van der Waals surface area contributed by atoms with Gasteiger partial charge in [-0.3, -0.25) is 19.5 Å². The Morgan fingerprint density at radius 2 is 1.72 bits per heavy atom. The van der Waals surface area contributed by atoms with E-state index >= 15 is 0 Å². The molecule has 4 N–H and O–H groups in total. The molecule has 9 nitrogen and oxygen atoms in total. The number of aromatic nitrogens is 2. The highest BCUT2D eigenvalue weighted by Gasteiger charge is 2.25. The van der Waals surface area contributed by atoms with Gasteiger partial charge in [0.15, 0.2) is 5.69 Å². The summed E-state index contributed by atoms with van der Waals surface area (Å²) < 4.78 is 0. The van der Waals surface area contributed by atoms with Crippen LogP contribution in [0.25, 0.3) is 0 Å². The fraction of sp³-hybridized carbons (Fsp3) is 0.200. The summed E-state index contributed by atoms with van der Waals surface area (Å²) in [6.45, 7) is 4.91. The summed E-state index contributed by atoms with van der Waals surface area (Å²) in [5, 5.41) is 15.4. The van der Waals surface area contributed by atoms with Crippen molar-refractivity contribution in [2.75, 3.05) is 28.6 Å². The maximum Gasteiger partial charge on any atom is 0.274 e. The molecule has 0 aliphatic carbocycles. The van der Waals surface area contributed by atoms with Gasteiger partial charge in [-0.25, -0.2) is 0 Å². The minimum absolute atomic E-state index is 0.0596. The van der Waals surface area contributed by atoms with E-state index < -0.39 is 11.8 Å². The molecule has 36 heavy (non-hydrogen) atoms. The number of anilines is 3. The Morgan fingerprint density at radius 1 is 1.03 bits per heavy atom. The fourth-order valence-electron chi connectivity index (χ4n) is 3.97. The smallest absolute Gasteiger partial charge is 0.274 e. The largest absolute Gasteiger partial charge is 0.371 e. The van der Waals surface area contributed by atoms with E-state index in [1.165, 1.54) is 12.3 Å². The van der Waals surface area contributed by atoms with Crippen molar-refractivity contribution in [3.63, 3.8) is 0 Å². The number of aromatic amines is 1. The molecular formula is C25H24Cl2N6O3. The maximum absolute atomic E-state index is 12.9. The lowest BCUT2D eigenvalue weighted by Gasteiger charge is -2.34. The molecule has 3 amide bonds. The molecule has 1 fully saturated rings. The molecular weight excluding hydrogens is 503 g/mol. The molecule has 2 aromatic carbocycles. The molecule has 0 unspecified atom stereocenters. The van der Waals surface area contributed by atoms with Gasteiger partial charge in [-0.1, -0.05) is 41.9 Å². The fourth-order valence-corrected chi connectivity index (χ4v) is 4.54. The SMILES string of the molecule is C=CC(=O)Nc1cccc(N2CCC(NC(=O)c3n[nH]cc3NC(=O)c3c(Cl)cccc3Cl)CC2)c1. The van der Waals surface area contributed by atoms with Gasteiger partial charge in [0.05, 0.1) is 21.3 Å². The van der Waals surface area contributed by atoms with Crippen molar-refractivity contribution in [2.24, 2.45) is 0 Å². The average molecular weight is 527 g/mol. The van der Waals surface area contributed by atoms with E-state index in [2.05, 4.69) is 37.6 Å². The van der Waals surface area contributed by atoms with Crippen LogP contribution in [-0.2, 0) is 4.79 Å². The standard InChI is InChI=1S/C25H24Cl2N6O3/c1-2-21(34)29-16-5-3-6-17(13-16)33-11-9-15(10-12-33)30-25(36)23-20(14-28-32-23)31-24(35)22-18(26)7-4-8-19(22)27/h2-8,13-15H,1,9-12H2,(H,28,32)(H,29,34)(H,30,36)(H,31,35). The number of rotatable bonds is 7. The van der Waals surface area contributed by atoms with Gasteiger partial charge < -0.3 is 20.9 Å². The first-order chi connectivity index (χ1) is 17.4. The lowest BCUT2D eigenvalue weighted by Crippen LogP contribution is -2.45. The minimum atomic E-state index is -0.541. The Labute approximate surface area is 217 Å². The van der Waals surface area contributed by atoms with Crippen molar-refractivity contribution >= 4 is 58.0 Å². The van der Waals surface area contributed by atoms with Gasteiger partial charge >= 0.3 is 0 Å². The van der Waals surface area contributed by atoms with Crippen molar-refractivity contribution in [2.45, 2.75) is 18.9 Å². The molecule has 186 valence electrons. The number of H-pyrrole nitrogens is 1. The van der Waals surface area contributed by atoms with E-state index in [0.717, 1.165) is 31.6 Å². The topological polar surface area (TPSA) is 119 Å². The molecule has 1 aliphatic rings. The van der Waals surface area contributed by atoms with Crippen molar-refractivity contribution in [3.05, 3.63) is 82.6 Å². The zero-order valence-electron chi connectivity index (χ0n) is 19.2. The Balaban J connectivity index is 1.35. The summed E-state index contributed by atoms with van der Waals surface area (Å²) in [5.41, 5.74) is 2.09. The third-order valence-corrected chi connectivity index (χ3v) is 6.42. The second-order valence-corrected chi connectivity index (χ2v) is 8.99. The third-order valence-electron chi connectivity index (χ3n) is 5.79. The van der Waals surface area contributed by atoms with E-state index in [4.69, 9.17) is 23.2 Å². The minimum Gasteiger partial charge on any atom is -0.371 e. The zero-order valence-corrected chi connectivity index (χ0v) is 20.7. The van der Waals surface area contributed by atoms with Crippen LogP contribution in [0.1, 0.15) is 33.7 Å². The van der Waals surface area contributed by atoms with Crippen LogP contribution in [-0.4, -0.2) is 47.1 Å². The van der Waals surface area contributed by atoms with Gasteiger partial charge in [0.2, 0.25) is 5.91 Å². The highest BCUT2D eigenvalue weighted by atomic mass is 35.5. The summed E-state index contributed by atoms with van der Waals surface area (Å²) in [6, 6.07) is 12.3. The van der Waals surface area contributed by atoms with Crippen LogP contribution >= 0.6 is 23.2 Å². The lowest BCUT2D eigenvalue weighted by molar-refractivity contribution is -0.111. The Bertz CT molecular complexity index is 1280. The monoisotopic (exact) mass is 526 g/mol. The number of halogens is 2. The van der Waals surface area contributed by atoms with Crippen molar-refractivity contribution < 1.29 is 14.4 Å². The number of carbonyl (C=O) groups is 3. The van der Waals surface area contributed by atoms with E-state index in [9.17, 15) is 14.4 Å². The van der Waals surface area contributed by atoms with E-state index in [-0.39, 0.29) is 38.9 Å². The molecule has 4 rings (SSSR count). The van der Waals surface area contributed by atoms with Crippen LogP contribution in [0, 0.1) is 0 Å². The Hall–Kier alpha value is -3.82. The molecule has 0 radical (unpaired) electrons. The van der Waals surface area contributed by atoms with Crippen LogP contribution in [0.2, 0.25) is 10.0 Å². The van der Waals surface area contributed by atoms with Crippen molar-refractivity contribution in [1.82, 2.24) is 15.5 Å². The average Bonchev–Trinajstić information content (AvgIpc) is 3.32. The van der Waals surface area contributed by atoms with Gasteiger partial charge in [-0.15, -0.1) is 0 Å². The number of hydrogen-bond donors (Lipinski definition) is 4. The van der Waals surface area contributed by atoms with Gasteiger partial charge in [0, 0.05) is 36.7 Å². The normalized spacial score (nSPS) is 13.7. The number of nitrogens with zero attached hydrogens (tertiary/aromatic N) is 2. The molecule has 1 aromatic heterocycles. The van der Waals surface area contributed by atoms with Gasteiger partial charge in [0.25, 0.3) is 11.8 Å². The van der Waals surface area contributed by atoms with E-state index in [0.29, 0.717) is 5.69 Å². The van der Waals surface area contributed by atoms with Crippen LogP contribution in [0.4, 0.5) is 17.1 Å². The predicted molar refractivity (Wildman–Crippen MR) is 141 cm³/mol. The molecule has 1 aliphatic heterocycles. The molecule has 1 saturated heterocycles. The van der Waals surface area contributed by atoms with E-state index in [1.54, 1.807) is 18.2 Å². The lowest BCUT2D eigenvalue weighted by atomic mass is 10.0. The first kappa shape index (κ1) is 25.3. The molecule has 0 spiro atoms. The second kappa shape index (κ2) is 11.3. The van der Waals surface area contributed by atoms with Gasteiger partial charge in [-0.05, 0) is 49.2 Å². The predicted octanol–water partition coefficient (Wildman–Crippen LogP) is 4.49. The molecule has 0 bridgehead atoms. The number of hydrogen-bond acceptors (Lipinski definition) is 5. The molecule has 11 heteroatoms. The number of nitrogens with one attached hydrogen (secondary N) is 4. The highest BCUT2D eigenvalue weighted by molar-refractivity contribution is 6.40. The van der Waals surface area contributed by atoms with Crippen molar-refractivity contribution in [1.29, 1.82) is 0 Å². The molecule has 0 saturated carbocycles.